The van der Waals surface area contributed by atoms with E-state index in [-0.39, 0.29) is 0 Å². The molecule has 0 unspecified atom stereocenters. The molecule has 0 aliphatic carbocycles. The molecular weight excluding hydrogens is 240 g/mol. The topological polar surface area (TPSA) is 69.3 Å². The minimum atomic E-state index is -3.33. The molecule has 88 valence electrons. The van der Waals surface area contributed by atoms with E-state index < -0.39 is 10.0 Å². The van der Waals surface area contributed by atoms with Gasteiger partial charge >= 0.3 is 0 Å². The first-order valence-corrected chi connectivity index (χ1v) is 6.84. The van der Waals surface area contributed by atoms with Crippen molar-refractivity contribution in [3.63, 3.8) is 0 Å². The molecule has 0 radical (unpaired) electrons. The number of rotatable bonds is 1. The van der Waals surface area contributed by atoms with Crippen molar-refractivity contribution in [2.45, 2.75) is 6.92 Å². The molecule has 0 aliphatic heterocycles. The van der Waals surface area contributed by atoms with Crippen LogP contribution in [-0.2, 0) is 10.0 Å². The summed E-state index contributed by atoms with van der Waals surface area (Å²) in [4.78, 5) is 8.43. The summed E-state index contributed by atoms with van der Waals surface area (Å²) in [5, 5.41) is 0. The third-order valence-electron chi connectivity index (χ3n) is 2.58. The highest BCUT2D eigenvalue weighted by molar-refractivity contribution is 7.89. The van der Waals surface area contributed by atoms with Crippen molar-refractivity contribution in [3.05, 3.63) is 30.4 Å². The largest absolute Gasteiger partial charge is 0.295 e. The summed E-state index contributed by atoms with van der Waals surface area (Å²) >= 11 is 0. The van der Waals surface area contributed by atoms with Crippen LogP contribution in [0.1, 0.15) is 5.69 Å². The summed E-state index contributed by atoms with van der Waals surface area (Å²) in [6.07, 6.45) is 6.07. The van der Waals surface area contributed by atoms with Crippen molar-refractivity contribution in [2.75, 3.05) is 6.26 Å². The van der Waals surface area contributed by atoms with Crippen LogP contribution in [0.5, 0.6) is 0 Å². The number of hydrogen-bond donors (Lipinski definition) is 0. The molecule has 0 atom stereocenters. The molecule has 6 nitrogen and oxygen atoms in total. The smallest absolute Gasteiger partial charge is 0.237 e. The number of fused-ring (bicyclic) bond motifs is 3. The van der Waals surface area contributed by atoms with Crippen molar-refractivity contribution in [2.24, 2.45) is 0 Å². The zero-order valence-corrected chi connectivity index (χ0v) is 10.1. The number of nitrogens with zero attached hydrogens (tertiary/aromatic N) is 4. The van der Waals surface area contributed by atoms with Gasteiger partial charge in [0.25, 0.3) is 0 Å². The minimum Gasteiger partial charge on any atom is -0.295 e. The average molecular weight is 250 g/mol. The summed E-state index contributed by atoms with van der Waals surface area (Å²) in [6, 6.07) is 1.72. The summed E-state index contributed by atoms with van der Waals surface area (Å²) in [7, 11) is -3.33. The van der Waals surface area contributed by atoms with E-state index in [0.717, 1.165) is 21.4 Å². The Morgan fingerprint density at radius 3 is 2.82 bits per heavy atom. The Bertz CT molecular complexity index is 829. The molecule has 3 aromatic rings. The fourth-order valence-corrected chi connectivity index (χ4v) is 2.63. The molecule has 0 aliphatic rings. The van der Waals surface area contributed by atoms with Gasteiger partial charge < -0.3 is 0 Å². The fraction of sp³-hybridized carbons (Fsp3) is 0.200. The molecule has 7 heteroatoms. The summed E-state index contributed by atoms with van der Waals surface area (Å²) < 4.78 is 26.1. The second kappa shape index (κ2) is 3.07. The van der Waals surface area contributed by atoms with E-state index in [1.807, 2.05) is 17.5 Å². The molecule has 3 rings (SSSR count). The van der Waals surface area contributed by atoms with Gasteiger partial charge in [0.1, 0.15) is 0 Å². The van der Waals surface area contributed by atoms with Crippen LogP contribution in [0.25, 0.3) is 16.8 Å². The van der Waals surface area contributed by atoms with Gasteiger partial charge in [0.2, 0.25) is 10.0 Å². The Kier molecular flexibility index (Phi) is 1.86. The van der Waals surface area contributed by atoms with Gasteiger partial charge in [0.15, 0.2) is 11.3 Å². The number of imidazole rings is 1. The second-order valence-electron chi connectivity index (χ2n) is 3.95. The van der Waals surface area contributed by atoms with Crippen LogP contribution in [0, 0.1) is 6.92 Å². The lowest BCUT2D eigenvalue weighted by Gasteiger charge is -2.01. The van der Waals surface area contributed by atoms with E-state index in [0.29, 0.717) is 11.3 Å². The Balaban J connectivity index is 2.50. The highest BCUT2D eigenvalue weighted by Crippen LogP contribution is 2.17. The lowest BCUT2D eigenvalue weighted by Crippen LogP contribution is -2.09. The van der Waals surface area contributed by atoms with E-state index in [2.05, 4.69) is 9.97 Å². The van der Waals surface area contributed by atoms with E-state index in [1.165, 1.54) is 6.20 Å². The van der Waals surface area contributed by atoms with Crippen LogP contribution in [0.2, 0.25) is 0 Å². The molecule has 0 saturated carbocycles. The zero-order valence-electron chi connectivity index (χ0n) is 9.32. The van der Waals surface area contributed by atoms with Gasteiger partial charge in [-0.3, -0.25) is 4.40 Å². The minimum absolute atomic E-state index is 0.414. The molecule has 0 fully saturated rings. The van der Waals surface area contributed by atoms with Crippen LogP contribution < -0.4 is 0 Å². The van der Waals surface area contributed by atoms with Gasteiger partial charge in [0.05, 0.1) is 23.7 Å². The SMILES string of the molecule is Cc1cn2c(cnc3c2ccn3S(C)(=O)=O)n1. The lowest BCUT2D eigenvalue weighted by atomic mass is 10.5. The van der Waals surface area contributed by atoms with Gasteiger partial charge in [-0.1, -0.05) is 0 Å². The van der Waals surface area contributed by atoms with Crippen molar-refractivity contribution in [1.82, 2.24) is 18.3 Å². The Hall–Kier alpha value is -1.89. The van der Waals surface area contributed by atoms with Gasteiger partial charge in [-0.25, -0.2) is 22.4 Å². The Morgan fingerprint density at radius 1 is 1.35 bits per heavy atom. The lowest BCUT2D eigenvalue weighted by molar-refractivity contribution is 0.595. The molecule has 0 saturated heterocycles. The van der Waals surface area contributed by atoms with E-state index in [1.54, 1.807) is 12.3 Å². The van der Waals surface area contributed by atoms with E-state index in [9.17, 15) is 8.42 Å². The molecule has 3 aromatic heterocycles. The van der Waals surface area contributed by atoms with E-state index in [4.69, 9.17) is 0 Å². The monoisotopic (exact) mass is 250 g/mol. The third kappa shape index (κ3) is 1.42. The Labute approximate surface area is 97.6 Å². The molecule has 17 heavy (non-hydrogen) atoms. The predicted molar refractivity (Wildman–Crippen MR) is 63.5 cm³/mol. The first-order valence-electron chi connectivity index (χ1n) is 4.99. The first-order chi connectivity index (χ1) is 7.97. The molecule has 3 heterocycles. The first kappa shape index (κ1) is 10.3. The fourth-order valence-electron chi connectivity index (χ4n) is 1.89. The van der Waals surface area contributed by atoms with Crippen LogP contribution in [0.4, 0.5) is 0 Å². The van der Waals surface area contributed by atoms with Gasteiger partial charge in [-0.15, -0.1) is 0 Å². The zero-order chi connectivity index (χ0) is 12.2. The van der Waals surface area contributed by atoms with Crippen LogP contribution >= 0.6 is 0 Å². The van der Waals surface area contributed by atoms with Crippen molar-refractivity contribution < 1.29 is 8.42 Å². The molecular formula is C10H10N4O2S. The molecule has 0 amide bonds. The van der Waals surface area contributed by atoms with Crippen molar-refractivity contribution in [3.8, 4) is 0 Å². The summed E-state index contributed by atoms with van der Waals surface area (Å²) in [5.41, 5.74) is 2.72. The Morgan fingerprint density at radius 2 is 2.12 bits per heavy atom. The van der Waals surface area contributed by atoms with Gasteiger partial charge in [-0.05, 0) is 13.0 Å². The predicted octanol–water partition coefficient (Wildman–Crippen LogP) is 0.800. The number of aromatic nitrogens is 4. The summed E-state index contributed by atoms with van der Waals surface area (Å²) in [6.45, 7) is 1.88. The standard InChI is InChI=1S/C10H10N4O2S/c1-7-6-13-8-3-4-14(17(2,15)16)10(8)11-5-9(13)12-7/h3-6H,1-2H3. The van der Waals surface area contributed by atoms with Crippen LogP contribution in [0.15, 0.2) is 24.7 Å². The maximum Gasteiger partial charge on any atom is 0.237 e. The molecule has 0 aromatic carbocycles. The molecule has 0 bridgehead atoms. The number of aryl methyl sites for hydroxylation is 1. The maximum atomic E-state index is 11.5. The van der Waals surface area contributed by atoms with Gasteiger partial charge in [-0.2, -0.15) is 0 Å². The summed E-state index contributed by atoms with van der Waals surface area (Å²) in [5.74, 6) is 0. The van der Waals surface area contributed by atoms with Gasteiger partial charge in [0, 0.05) is 12.4 Å². The number of hydrogen-bond acceptors (Lipinski definition) is 4. The van der Waals surface area contributed by atoms with Crippen molar-refractivity contribution >= 4 is 26.8 Å². The molecule has 0 N–H and O–H groups in total. The normalized spacial score (nSPS) is 12.6. The van der Waals surface area contributed by atoms with Crippen molar-refractivity contribution in [1.29, 1.82) is 0 Å². The third-order valence-corrected chi connectivity index (χ3v) is 3.59. The van der Waals surface area contributed by atoms with Crippen LogP contribution in [0.3, 0.4) is 0 Å². The average Bonchev–Trinajstić information content (AvgIpc) is 2.76. The van der Waals surface area contributed by atoms with E-state index >= 15 is 0 Å². The van der Waals surface area contributed by atoms with Crippen LogP contribution in [-0.4, -0.2) is 33.0 Å². The second-order valence-corrected chi connectivity index (χ2v) is 5.81. The molecule has 0 spiro atoms. The quantitative estimate of drug-likeness (QED) is 0.640. The highest BCUT2D eigenvalue weighted by atomic mass is 32.2. The maximum absolute atomic E-state index is 11.5. The highest BCUT2D eigenvalue weighted by Gasteiger charge is 2.13.